The first-order valence-electron chi connectivity index (χ1n) is 8.68. The highest BCUT2D eigenvalue weighted by Gasteiger charge is 2.23. The van der Waals surface area contributed by atoms with Crippen LogP contribution in [0.5, 0.6) is 5.75 Å². The van der Waals surface area contributed by atoms with Crippen molar-refractivity contribution in [2.24, 2.45) is 0 Å². The molecule has 0 atom stereocenters. The van der Waals surface area contributed by atoms with Crippen molar-refractivity contribution >= 4 is 5.91 Å². The Morgan fingerprint density at radius 2 is 1.68 bits per heavy atom. The number of fused-ring (bicyclic) bond motifs is 1. The second kappa shape index (κ2) is 6.90. The van der Waals surface area contributed by atoms with Crippen molar-refractivity contribution in [1.29, 1.82) is 10.5 Å². The minimum atomic E-state index is -0.110. The second-order valence-corrected chi connectivity index (χ2v) is 6.46. The maximum atomic E-state index is 12.2. The molecule has 0 aromatic heterocycles. The van der Waals surface area contributed by atoms with E-state index in [0.29, 0.717) is 29.0 Å². The Balaban J connectivity index is 2.01. The van der Waals surface area contributed by atoms with Crippen molar-refractivity contribution in [2.45, 2.75) is 6.54 Å². The first-order chi connectivity index (χ1) is 13.6. The highest BCUT2D eigenvalue weighted by atomic mass is 16.5. The van der Waals surface area contributed by atoms with Gasteiger partial charge in [-0.05, 0) is 64.7 Å². The van der Waals surface area contributed by atoms with Crippen molar-refractivity contribution < 1.29 is 9.53 Å². The van der Waals surface area contributed by atoms with Gasteiger partial charge in [-0.15, -0.1) is 0 Å². The molecule has 1 aliphatic heterocycles. The van der Waals surface area contributed by atoms with Gasteiger partial charge in [-0.25, -0.2) is 0 Å². The Labute approximate surface area is 162 Å². The van der Waals surface area contributed by atoms with Gasteiger partial charge in [0.05, 0.1) is 30.4 Å². The van der Waals surface area contributed by atoms with Gasteiger partial charge in [-0.2, -0.15) is 10.5 Å². The van der Waals surface area contributed by atoms with E-state index in [1.807, 2.05) is 36.4 Å². The predicted molar refractivity (Wildman–Crippen MR) is 104 cm³/mol. The first kappa shape index (κ1) is 17.3. The molecule has 0 saturated heterocycles. The quantitative estimate of drug-likeness (QED) is 0.760. The smallest absolute Gasteiger partial charge is 0.251 e. The molecular formula is C23H15N3O2. The zero-order chi connectivity index (χ0) is 19.7. The van der Waals surface area contributed by atoms with Gasteiger partial charge in [0.15, 0.2) is 0 Å². The summed E-state index contributed by atoms with van der Waals surface area (Å²) >= 11 is 0. The maximum absolute atomic E-state index is 12.2. The van der Waals surface area contributed by atoms with Gasteiger partial charge in [-0.3, -0.25) is 4.79 Å². The molecule has 0 saturated carbocycles. The maximum Gasteiger partial charge on any atom is 0.251 e. The third-order valence-electron chi connectivity index (χ3n) is 4.85. The van der Waals surface area contributed by atoms with Gasteiger partial charge in [0.1, 0.15) is 5.75 Å². The third kappa shape index (κ3) is 2.86. The Morgan fingerprint density at radius 3 is 2.43 bits per heavy atom. The average Bonchev–Trinajstić information content (AvgIpc) is 3.12. The van der Waals surface area contributed by atoms with E-state index < -0.39 is 0 Å². The summed E-state index contributed by atoms with van der Waals surface area (Å²) < 4.78 is 5.52. The molecule has 5 nitrogen and oxygen atoms in total. The fourth-order valence-electron chi connectivity index (χ4n) is 3.47. The lowest BCUT2D eigenvalue weighted by Crippen LogP contribution is -2.12. The summed E-state index contributed by atoms with van der Waals surface area (Å²) in [6.07, 6.45) is 0. The SMILES string of the molecule is COc1cc(C#N)ccc1-c1cc2c(cc1-c1cccc(C#N)c1)CNC2=O. The van der Waals surface area contributed by atoms with Crippen LogP contribution in [0.4, 0.5) is 0 Å². The molecule has 3 aromatic carbocycles. The van der Waals surface area contributed by atoms with Gasteiger partial charge in [0.2, 0.25) is 0 Å². The number of carbonyl (C=O) groups excluding carboxylic acids is 1. The number of rotatable bonds is 3. The topological polar surface area (TPSA) is 85.9 Å². The Bertz CT molecular complexity index is 1200. The van der Waals surface area contributed by atoms with E-state index in [1.165, 1.54) is 0 Å². The lowest BCUT2D eigenvalue weighted by Gasteiger charge is -2.16. The van der Waals surface area contributed by atoms with E-state index in [0.717, 1.165) is 27.8 Å². The van der Waals surface area contributed by atoms with Crippen LogP contribution in [-0.2, 0) is 6.54 Å². The van der Waals surface area contributed by atoms with Crippen molar-refractivity contribution in [3.63, 3.8) is 0 Å². The largest absolute Gasteiger partial charge is 0.496 e. The van der Waals surface area contributed by atoms with Crippen LogP contribution < -0.4 is 10.1 Å². The molecule has 134 valence electrons. The van der Waals surface area contributed by atoms with Gasteiger partial charge in [0.25, 0.3) is 5.91 Å². The van der Waals surface area contributed by atoms with Gasteiger partial charge in [0, 0.05) is 17.7 Å². The van der Waals surface area contributed by atoms with Crippen LogP contribution in [0, 0.1) is 22.7 Å². The van der Waals surface area contributed by atoms with Crippen molar-refractivity contribution in [3.8, 4) is 40.1 Å². The zero-order valence-corrected chi connectivity index (χ0v) is 15.1. The lowest BCUT2D eigenvalue weighted by molar-refractivity contribution is 0.0966. The summed E-state index contributed by atoms with van der Waals surface area (Å²) in [6.45, 7) is 0.476. The van der Waals surface area contributed by atoms with Gasteiger partial charge >= 0.3 is 0 Å². The molecule has 0 fully saturated rings. The molecule has 0 radical (unpaired) electrons. The van der Waals surface area contributed by atoms with Crippen LogP contribution in [-0.4, -0.2) is 13.0 Å². The first-order valence-corrected chi connectivity index (χ1v) is 8.68. The molecule has 28 heavy (non-hydrogen) atoms. The number of nitrogens with one attached hydrogen (secondary N) is 1. The summed E-state index contributed by atoms with van der Waals surface area (Å²) in [5.74, 6) is 0.441. The molecular weight excluding hydrogens is 350 g/mol. The number of carbonyl (C=O) groups is 1. The fraction of sp³-hybridized carbons (Fsp3) is 0.0870. The van der Waals surface area contributed by atoms with Crippen molar-refractivity contribution in [2.75, 3.05) is 7.11 Å². The summed E-state index contributed by atoms with van der Waals surface area (Å²) in [6, 6.07) is 20.7. The summed E-state index contributed by atoms with van der Waals surface area (Å²) in [5.41, 5.74) is 5.96. The van der Waals surface area contributed by atoms with Crippen LogP contribution in [0.2, 0.25) is 0 Å². The van der Waals surface area contributed by atoms with Gasteiger partial charge in [-0.1, -0.05) is 12.1 Å². The summed E-state index contributed by atoms with van der Waals surface area (Å²) in [5, 5.41) is 21.3. The number of methoxy groups -OCH3 is 1. The number of amides is 1. The minimum absolute atomic E-state index is 0.110. The average molecular weight is 365 g/mol. The van der Waals surface area contributed by atoms with Crippen LogP contribution in [0.25, 0.3) is 22.3 Å². The molecule has 3 aromatic rings. The standard InChI is InChI=1S/C23H15N3O2/c1-28-22-8-15(12-25)5-6-18(22)21-10-20-17(13-26-23(20)27)9-19(21)16-4-2-3-14(7-16)11-24/h2-10H,13H2,1H3,(H,26,27). The van der Waals surface area contributed by atoms with Gasteiger partial charge < -0.3 is 10.1 Å². The van der Waals surface area contributed by atoms with E-state index in [2.05, 4.69) is 17.5 Å². The molecule has 1 aliphatic rings. The number of benzene rings is 3. The van der Waals surface area contributed by atoms with E-state index >= 15 is 0 Å². The zero-order valence-electron chi connectivity index (χ0n) is 15.1. The Morgan fingerprint density at radius 1 is 0.893 bits per heavy atom. The number of nitrogens with zero attached hydrogens (tertiary/aromatic N) is 2. The third-order valence-corrected chi connectivity index (χ3v) is 4.85. The monoisotopic (exact) mass is 365 g/mol. The number of hydrogen-bond donors (Lipinski definition) is 1. The summed E-state index contributed by atoms with van der Waals surface area (Å²) in [4.78, 5) is 12.2. The molecule has 4 rings (SSSR count). The lowest BCUT2D eigenvalue weighted by atomic mass is 9.89. The molecule has 0 spiro atoms. The highest BCUT2D eigenvalue weighted by Crippen LogP contribution is 2.40. The molecule has 5 heteroatoms. The fourth-order valence-corrected chi connectivity index (χ4v) is 3.47. The summed E-state index contributed by atoms with van der Waals surface area (Å²) in [7, 11) is 1.55. The molecule has 0 unspecified atom stereocenters. The number of hydrogen-bond acceptors (Lipinski definition) is 4. The van der Waals surface area contributed by atoms with Crippen LogP contribution in [0.15, 0.2) is 54.6 Å². The van der Waals surface area contributed by atoms with Crippen LogP contribution in [0.1, 0.15) is 27.0 Å². The Kier molecular flexibility index (Phi) is 4.27. The Hall–Kier alpha value is -4.09. The highest BCUT2D eigenvalue weighted by molar-refractivity contribution is 6.02. The molecule has 0 bridgehead atoms. The molecule has 1 amide bonds. The van der Waals surface area contributed by atoms with Crippen LogP contribution in [0.3, 0.4) is 0 Å². The number of ether oxygens (including phenoxy) is 1. The number of nitriles is 2. The van der Waals surface area contributed by atoms with E-state index in [1.54, 1.807) is 25.3 Å². The molecule has 1 N–H and O–H groups in total. The van der Waals surface area contributed by atoms with Crippen LogP contribution >= 0.6 is 0 Å². The normalized spacial score (nSPS) is 11.9. The minimum Gasteiger partial charge on any atom is -0.496 e. The van der Waals surface area contributed by atoms with Crippen molar-refractivity contribution in [1.82, 2.24) is 5.32 Å². The molecule has 1 heterocycles. The van der Waals surface area contributed by atoms with Crippen molar-refractivity contribution in [3.05, 3.63) is 76.9 Å². The van der Waals surface area contributed by atoms with E-state index in [4.69, 9.17) is 4.74 Å². The second-order valence-electron chi connectivity index (χ2n) is 6.46. The molecule has 0 aliphatic carbocycles. The van der Waals surface area contributed by atoms with E-state index in [-0.39, 0.29) is 5.91 Å². The predicted octanol–water partition coefficient (Wildman–Crippen LogP) is 4.02. The van der Waals surface area contributed by atoms with E-state index in [9.17, 15) is 15.3 Å².